The summed E-state index contributed by atoms with van der Waals surface area (Å²) in [5.41, 5.74) is 0.289. The first-order valence-electron chi connectivity index (χ1n) is 3.57. The summed E-state index contributed by atoms with van der Waals surface area (Å²) in [7, 11) is 0. The topological polar surface area (TPSA) is 42.0 Å². The van der Waals surface area contributed by atoms with E-state index >= 15 is 0 Å². The van der Waals surface area contributed by atoms with E-state index in [4.69, 9.17) is 6.42 Å². The average Bonchev–Trinajstić information content (AvgIpc) is 2.15. The van der Waals surface area contributed by atoms with Crippen LogP contribution in [0.4, 0.5) is 4.39 Å². The van der Waals surface area contributed by atoms with Crippen LogP contribution in [0.2, 0.25) is 0 Å². The van der Waals surface area contributed by atoms with Gasteiger partial charge in [-0.3, -0.25) is 4.79 Å². The molecule has 13 heavy (non-hydrogen) atoms. The largest absolute Gasteiger partial charge is 0.341 e. The van der Waals surface area contributed by atoms with Crippen molar-refractivity contribution < 1.29 is 9.18 Å². The number of nitrogens with one attached hydrogen (secondary N) is 1. The first-order valence-corrected chi connectivity index (χ1v) is 3.57. The normalized spacial score (nSPS) is 8.92. The van der Waals surface area contributed by atoms with Crippen molar-refractivity contribution in [2.75, 3.05) is 6.54 Å². The number of halogens is 1. The molecule has 1 rings (SSSR count). The molecule has 0 aliphatic carbocycles. The van der Waals surface area contributed by atoms with Crippen molar-refractivity contribution in [3.8, 4) is 12.3 Å². The van der Waals surface area contributed by atoms with Gasteiger partial charge in [-0.25, -0.2) is 4.98 Å². The Morgan fingerprint density at radius 3 is 3.00 bits per heavy atom. The van der Waals surface area contributed by atoms with Crippen LogP contribution in [-0.2, 0) is 0 Å². The standard InChI is InChI=1S/C9H7FN2O/c1-2-5-11-9(13)7-3-4-8(10)12-6-7/h1,3-4,6H,5H2,(H,11,13). The third-order valence-electron chi connectivity index (χ3n) is 1.34. The highest BCUT2D eigenvalue weighted by atomic mass is 19.1. The number of hydrogen-bond acceptors (Lipinski definition) is 2. The van der Waals surface area contributed by atoms with Crippen LogP contribution in [0.15, 0.2) is 18.3 Å². The summed E-state index contributed by atoms with van der Waals surface area (Å²) in [6, 6.07) is 2.46. The third-order valence-corrected chi connectivity index (χ3v) is 1.34. The van der Waals surface area contributed by atoms with Gasteiger partial charge in [-0.2, -0.15) is 4.39 Å². The van der Waals surface area contributed by atoms with Gasteiger partial charge in [-0.15, -0.1) is 6.42 Å². The lowest BCUT2D eigenvalue weighted by atomic mass is 10.3. The number of terminal acetylenes is 1. The molecule has 0 spiro atoms. The molecule has 0 radical (unpaired) electrons. The molecule has 1 aromatic rings. The molecule has 66 valence electrons. The molecular weight excluding hydrogens is 171 g/mol. The maximum atomic E-state index is 12.3. The van der Waals surface area contributed by atoms with E-state index in [0.717, 1.165) is 12.3 Å². The Hall–Kier alpha value is -1.89. The minimum absolute atomic E-state index is 0.149. The van der Waals surface area contributed by atoms with Gasteiger partial charge in [0.2, 0.25) is 5.95 Å². The maximum Gasteiger partial charge on any atom is 0.253 e. The van der Waals surface area contributed by atoms with E-state index in [0.29, 0.717) is 0 Å². The summed E-state index contributed by atoms with van der Waals surface area (Å²) in [4.78, 5) is 14.5. The van der Waals surface area contributed by atoms with Gasteiger partial charge in [-0.1, -0.05) is 5.92 Å². The zero-order valence-electron chi connectivity index (χ0n) is 6.75. The smallest absolute Gasteiger partial charge is 0.253 e. The Labute approximate surface area is 75.0 Å². The summed E-state index contributed by atoms with van der Waals surface area (Å²) in [6.07, 6.45) is 6.09. The molecule has 1 amide bonds. The molecular formula is C9H7FN2O. The van der Waals surface area contributed by atoms with Gasteiger partial charge >= 0.3 is 0 Å². The average molecular weight is 178 g/mol. The van der Waals surface area contributed by atoms with Crippen LogP contribution < -0.4 is 5.32 Å². The van der Waals surface area contributed by atoms with Gasteiger partial charge in [0.1, 0.15) is 0 Å². The van der Waals surface area contributed by atoms with Crippen LogP contribution in [0.3, 0.4) is 0 Å². The quantitative estimate of drug-likeness (QED) is 0.531. The number of carbonyl (C=O) groups excluding carboxylic acids is 1. The van der Waals surface area contributed by atoms with Gasteiger partial charge in [0, 0.05) is 6.20 Å². The molecule has 0 bridgehead atoms. The number of amides is 1. The fourth-order valence-electron chi connectivity index (χ4n) is 0.744. The summed E-state index contributed by atoms with van der Waals surface area (Å²) < 4.78 is 12.3. The minimum atomic E-state index is -0.617. The van der Waals surface area contributed by atoms with Crippen molar-refractivity contribution in [1.29, 1.82) is 0 Å². The molecule has 1 heterocycles. The highest BCUT2D eigenvalue weighted by Crippen LogP contribution is 1.97. The van der Waals surface area contributed by atoms with E-state index in [1.54, 1.807) is 0 Å². The van der Waals surface area contributed by atoms with Gasteiger partial charge < -0.3 is 5.32 Å². The van der Waals surface area contributed by atoms with Gasteiger partial charge in [-0.05, 0) is 12.1 Å². The van der Waals surface area contributed by atoms with Crippen LogP contribution in [-0.4, -0.2) is 17.4 Å². The molecule has 3 nitrogen and oxygen atoms in total. The molecule has 0 aliphatic rings. The summed E-state index contributed by atoms with van der Waals surface area (Å²) in [5, 5.41) is 2.43. The van der Waals surface area contributed by atoms with Crippen molar-refractivity contribution in [2.24, 2.45) is 0 Å². The van der Waals surface area contributed by atoms with Crippen LogP contribution in [0.1, 0.15) is 10.4 Å². The Kier molecular flexibility index (Phi) is 2.98. The highest BCUT2D eigenvalue weighted by Gasteiger charge is 2.03. The van der Waals surface area contributed by atoms with Gasteiger partial charge in [0.25, 0.3) is 5.91 Å². The summed E-state index contributed by atoms with van der Waals surface area (Å²) >= 11 is 0. The molecule has 1 aromatic heterocycles. The van der Waals surface area contributed by atoms with E-state index in [-0.39, 0.29) is 18.0 Å². The minimum Gasteiger partial charge on any atom is -0.341 e. The number of rotatable bonds is 2. The lowest BCUT2D eigenvalue weighted by molar-refractivity contribution is 0.0958. The van der Waals surface area contributed by atoms with Crippen LogP contribution in [0.5, 0.6) is 0 Å². The van der Waals surface area contributed by atoms with Crippen molar-refractivity contribution in [2.45, 2.75) is 0 Å². The van der Waals surface area contributed by atoms with E-state index in [1.165, 1.54) is 6.07 Å². The maximum absolute atomic E-state index is 12.3. The molecule has 4 heteroatoms. The number of hydrogen-bond donors (Lipinski definition) is 1. The number of aromatic nitrogens is 1. The zero-order valence-corrected chi connectivity index (χ0v) is 6.75. The zero-order chi connectivity index (χ0) is 9.68. The SMILES string of the molecule is C#CCNC(=O)c1ccc(F)nc1. The van der Waals surface area contributed by atoms with Crippen LogP contribution >= 0.6 is 0 Å². The fraction of sp³-hybridized carbons (Fsp3) is 0.111. The Balaban J connectivity index is 2.68. The number of nitrogens with zero attached hydrogens (tertiary/aromatic N) is 1. The molecule has 0 aromatic carbocycles. The Bertz CT molecular complexity index is 340. The molecule has 0 aliphatic heterocycles. The molecule has 0 saturated heterocycles. The lowest BCUT2D eigenvalue weighted by Gasteiger charge is -1.99. The molecule has 0 saturated carbocycles. The Morgan fingerprint density at radius 1 is 1.69 bits per heavy atom. The van der Waals surface area contributed by atoms with Crippen LogP contribution in [0, 0.1) is 18.3 Å². The summed E-state index contributed by atoms with van der Waals surface area (Å²) in [5.74, 6) is 1.28. The number of carbonyl (C=O) groups is 1. The third kappa shape index (κ3) is 2.56. The van der Waals surface area contributed by atoms with E-state index < -0.39 is 5.95 Å². The van der Waals surface area contributed by atoms with E-state index in [9.17, 15) is 9.18 Å². The Morgan fingerprint density at radius 2 is 2.46 bits per heavy atom. The number of pyridine rings is 1. The first-order chi connectivity index (χ1) is 6.24. The molecule has 1 N–H and O–H groups in total. The first kappa shape index (κ1) is 9.20. The van der Waals surface area contributed by atoms with Crippen molar-refractivity contribution in [3.05, 3.63) is 29.8 Å². The second-order valence-electron chi connectivity index (χ2n) is 2.26. The second-order valence-corrected chi connectivity index (χ2v) is 2.26. The van der Waals surface area contributed by atoms with Gasteiger partial charge in [0.05, 0.1) is 12.1 Å². The highest BCUT2D eigenvalue weighted by molar-refractivity contribution is 5.93. The van der Waals surface area contributed by atoms with E-state index in [1.807, 2.05) is 0 Å². The van der Waals surface area contributed by atoms with Gasteiger partial charge in [0.15, 0.2) is 0 Å². The van der Waals surface area contributed by atoms with Crippen molar-refractivity contribution >= 4 is 5.91 Å². The monoisotopic (exact) mass is 178 g/mol. The van der Waals surface area contributed by atoms with Crippen molar-refractivity contribution in [1.82, 2.24) is 10.3 Å². The molecule has 0 atom stereocenters. The summed E-state index contributed by atoms with van der Waals surface area (Å²) in [6.45, 7) is 0.149. The van der Waals surface area contributed by atoms with E-state index in [2.05, 4.69) is 16.2 Å². The van der Waals surface area contributed by atoms with Crippen LogP contribution in [0.25, 0.3) is 0 Å². The second kappa shape index (κ2) is 4.21. The predicted molar refractivity (Wildman–Crippen MR) is 45.4 cm³/mol. The van der Waals surface area contributed by atoms with Crippen molar-refractivity contribution in [3.63, 3.8) is 0 Å². The molecule has 0 unspecified atom stereocenters. The molecule has 0 fully saturated rings. The lowest BCUT2D eigenvalue weighted by Crippen LogP contribution is -2.23. The fourth-order valence-corrected chi connectivity index (χ4v) is 0.744. The predicted octanol–water partition coefficient (Wildman–Crippen LogP) is 0.584.